The first-order valence-electron chi connectivity index (χ1n) is 5.92. The summed E-state index contributed by atoms with van der Waals surface area (Å²) >= 11 is 8.98. The maximum absolute atomic E-state index is 14.1. The SMILES string of the molecule is COc1cc(C(NN)c2c(F)cc(Br)cc2F)ccc1Cl. The molecule has 0 spiro atoms. The summed E-state index contributed by atoms with van der Waals surface area (Å²) in [6, 6.07) is 6.26. The third-order valence-corrected chi connectivity index (χ3v) is 3.78. The van der Waals surface area contributed by atoms with Gasteiger partial charge in [0.05, 0.1) is 18.2 Å². The lowest BCUT2D eigenvalue weighted by atomic mass is 9.98. The van der Waals surface area contributed by atoms with Gasteiger partial charge in [-0.15, -0.1) is 0 Å². The number of ether oxygens (including phenoxy) is 1. The topological polar surface area (TPSA) is 47.3 Å². The summed E-state index contributed by atoms with van der Waals surface area (Å²) in [5, 5.41) is 0.397. The Labute approximate surface area is 134 Å². The maximum atomic E-state index is 14.1. The number of nitrogens with one attached hydrogen (secondary N) is 1. The number of methoxy groups -OCH3 is 1. The third kappa shape index (κ3) is 3.35. The molecule has 2 rings (SSSR count). The van der Waals surface area contributed by atoms with Gasteiger partial charge in [-0.05, 0) is 29.8 Å². The van der Waals surface area contributed by atoms with Crippen LogP contribution >= 0.6 is 27.5 Å². The smallest absolute Gasteiger partial charge is 0.137 e. The molecule has 0 aliphatic rings. The molecule has 112 valence electrons. The van der Waals surface area contributed by atoms with E-state index in [0.29, 0.717) is 20.8 Å². The molecule has 0 saturated carbocycles. The van der Waals surface area contributed by atoms with Crippen molar-refractivity contribution in [3.8, 4) is 5.75 Å². The van der Waals surface area contributed by atoms with Crippen molar-refractivity contribution in [2.45, 2.75) is 6.04 Å². The van der Waals surface area contributed by atoms with E-state index in [0.717, 1.165) is 0 Å². The maximum Gasteiger partial charge on any atom is 0.137 e. The first-order chi connectivity index (χ1) is 9.97. The fourth-order valence-electron chi connectivity index (χ4n) is 2.03. The standard InChI is InChI=1S/C14H12BrClF2N2O/c1-21-12-4-7(2-3-9(12)16)14(20-19)13-10(17)5-8(15)6-11(13)18/h2-6,14,20H,19H2,1H3. The van der Waals surface area contributed by atoms with Gasteiger partial charge >= 0.3 is 0 Å². The van der Waals surface area contributed by atoms with Gasteiger partial charge in [0.25, 0.3) is 0 Å². The average Bonchev–Trinajstić information content (AvgIpc) is 2.43. The molecule has 0 aliphatic heterocycles. The van der Waals surface area contributed by atoms with Gasteiger partial charge < -0.3 is 4.74 Å². The molecule has 0 radical (unpaired) electrons. The minimum Gasteiger partial charge on any atom is -0.495 e. The van der Waals surface area contributed by atoms with E-state index in [4.69, 9.17) is 22.2 Å². The van der Waals surface area contributed by atoms with E-state index in [-0.39, 0.29) is 5.56 Å². The van der Waals surface area contributed by atoms with Crippen molar-refractivity contribution in [1.82, 2.24) is 5.43 Å². The number of rotatable bonds is 4. The van der Waals surface area contributed by atoms with E-state index >= 15 is 0 Å². The monoisotopic (exact) mass is 376 g/mol. The van der Waals surface area contributed by atoms with Gasteiger partial charge in [0.2, 0.25) is 0 Å². The van der Waals surface area contributed by atoms with Crippen LogP contribution in [-0.2, 0) is 0 Å². The summed E-state index contributed by atoms with van der Waals surface area (Å²) in [6.45, 7) is 0. The molecular formula is C14H12BrClF2N2O. The summed E-state index contributed by atoms with van der Waals surface area (Å²) in [5.41, 5.74) is 2.76. The van der Waals surface area contributed by atoms with Crippen LogP contribution < -0.4 is 16.0 Å². The molecule has 21 heavy (non-hydrogen) atoms. The Morgan fingerprint density at radius 1 is 1.24 bits per heavy atom. The fourth-order valence-corrected chi connectivity index (χ4v) is 2.63. The number of nitrogens with two attached hydrogens (primary N) is 1. The van der Waals surface area contributed by atoms with Crippen molar-refractivity contribution in [3.05, 3.63) is 62.6 Å². The van der Waals surface area contributed by atoms with Crippen LogP contribution in [0, 0.1) is 11.6 Å². The highest BCUT2D eigenvalue weighted by atomic mass is 79.9. The Morgan fingerprint density at radius 2 is 1.86 bits per heavy atom. The Bertz CT molecular complexity index is 646. The minimum absolute atomic E-state index is 0.176. The van der Waals surface area contributed by atoms with E-state index < -0.39 is 17.7 Å². The van der Waals surface area contributed by atoms with Gasteiger partial charge in [-0.25, -0.2) is 14.2 Å². The molecule has 0 aliphatic carbocycles. The summed E-state index contributed by atoms with van der Waals surface area (Å²) in [6.07, 6.45) is 0. The molecule has 1 atom stereocenters. The zero-order valence-corrected chi connectivity index (χ0v) is 13.3. The van der Waals surface area contributed by atoms with Crippen LogP contribution in [0.2, 0.25) is 5.02 Å². The molecule has 0 aromatic heterocycles. The van der Waals surface area contributed by atoms with Crippen molar-refractivity contribution in [2.75, 3.05) is 7.11 Å². The van der Waals surface area contributed by atoms with Gasteiger partial charge in [0, 0.05) is 10.0 Å². The number of halogens is 4. The van der Waals surface area contributed by atoms with Gasteiger partial charge in [-0.1, -0.05) is 33.6 Å². The lowest BCUT2D eigenvalue weighted by molar-refractivity contribution is 0.413. The van der Waals surface area contributed by atoms with Crippen LogP contribution in [0.1, 0.15) is 17.2 Å². The molecule has 2 aromatic carbocycles. The second-order valence-corrected chi connectivity index (χ2v) is 5.60. The minimum atomic E-state index is -0.871. The summed E-state index contributed by atoms with van der Waals surface area (Å²) in [7, 11) is 1.46. The van der Waals surface area contributed by atoms with Gasteiger partial charge in [0.15, 0.2) is 0 Å². The quantitative estimate of drug-likeness (QED) is 0.627. The van der Waals surface area contributed by atoms with Crippen LogP contribution in [0.5, 0.6) is 5.75 Å². The molecular weight excluding hydrogens is 366 g/mol. The lowest BCUT2D eigenvalue weighted by Gasteiger charge is -2.19. The Morgan fingerprint density at radius 3 is 2.38 bits per heavy atom. The van der Waals surface area contributed by atoms with Crippen molar-refractivity contribution >= 4 is 27.5 Å². The largest absolute Gasteiger partial charge is 0.495 e. The molecule has 0 bridgehead atoms. The molecule has 3 nitrogen and oxygen atoms in total. The summed E-state index contributed by atoms with van der Waals surface area (Å²) in [4.78, 5) is 0. The van der Waals surface area contributed by atoms with Crippen LogP contribution in [0.15, 0.2) is 34.8 Å². The second-order valence-electron chi connectivity index (χ2n) is 4.28. The first kappa shape index (κ1) is 16.2. The molecule has 0 amide bonds. The van der Waals surface area contributed by atoms with Crippen LogP contribution in [-0.4, -0.2) is 7.11 Å². The zero-order chi connectivity index (χ0) is 15.6. The molecule has 2 aromatic rings. The van der Waals surface area contributed by atoms with Crippen molar-refractivity contribution in [2.24, 2.45) is 5.84 Å². The fraction of sp³-hybridized carbons (Fsp3) is 0.143. The highest BCUT2D eigenvalue weighted by molar-refractivity contribution is 9.10. The third-order valence-electron chi connectivity index (χ3n) is 3.01. The molecule has 3 N–H and O–H groups in total. The lowest BCUT2D eigenvalue weighted by Crippen LogP contribution is -2.30. The van der Waals surface area contributed by atoms with Crippen molar-refractivity contribution in [1.29, 1.82) is 0 Å². The van der Waals surface area contributed by atoms with E-state index in [2.05, 4.69) is 21.4 Å². The molecule has 0 saturated heterocycles. The van der Waals surface area contributed by atoms with E-state index in [9.17, 15) is 8.78 Å². The highest BCUT2D eigenvalue weighted by Crippen LogP contribution is 2.33. The average molecular weight is 378 g/mol. The normalized spacial score (nSPS) is 12.3. The van der Waals surface area contributed by atoms with E-state index in [1.54, 1.807) is 18.2 Å². The predicted octanol–water partition coefficient (Wildman–Crippen LogP) is 3.94. The number of hydrogen-bond donors (Lipinski definition) is 2. The molecule has 7 heteroatoms. The summed E-state index contributed by atoms with van der Waals surface area (Å²) < 4.78 is 33.6. The number of benzene rings is 2. The van der Waals surface area contributed by atoms with Crippen LogP contribution in [0.4, 0.5) is 8.78 Å². The molecule has 1 unspecified atom stereocenters. The van der Waals surface area contributed by atoms with Gasteiger partial charge in [0.1, 0.15) is 17.4 Å². The van der Waals surface area contributed by atoms with E-state index in [1.165, 1.54) is 19.2 Å². The van der Waals surface area contributed by atoms with Gasteiger partial charge in [-0.2, -0.15) is 0 Å². The molecule has 0 fully saturated rings. The Kier molecular flexibility index (Phi) is 5.16. The molecule has 0 heterocycles. The summed E-state index contributed by atoms with van der Waals surface area (Å²) in [5.74, 6) is 4.45. The van der Waals surface area contributed by atoms with Gasteiger partial charge in [-0.3, -0.25) is 5.84 Å². The first-order valence-corrected chi connectivity index (χ1v) is 7.09. The highest BCUT2D eigenvalue weighted by Gasteiger charge is 2.22. The van der Waals surface area contributed by atoms with Crippen molar-refractivity contribution < 1.29 is 13.5 Å². The van der Waals surface area contributed by atoms with Crippen LogP contribution in [0.25, 0.3) is 0 Å². The Hall–Kier alpha value is -1.21. The number of hydrazine groups is 1. The van der Waals surface area contributed by atoms with Crippen LogP contribution in [0.3, 0.4) is 0 Å². The predicted molar refractivity (Wildman–Crippen MR) is 81.2 cm³/mol. The van der Waals surface area contributed by atoms with Crippen molar-refractivity contribution in [3.63, 3.8) is 0 Å². The number of hydrogen-bond acceptors (Lipinski definition) is 3. The Balaban J connectivity index is 2.55. The second kappa shape index (κ2) is 6.70. The zero-order valence-electron chi connectivity index (χ0n) is 11.0. The van der Waals surface area contributed by atoms with E-state index in [1.807, 2.05) is 0 Å².